The van der Waals surface area contributed by atoms with E-state index in [-0.39, 0.29) is 10.3 Å². The zero-order valence-corrected chi connectivity index (χ0v) is 17.0. The van der Waals surface area contributed by atoms with E-state index < -0.39 is 22.8 Å². The molecule has 0 unspecified atom stereocenters. The molecule has 0 radical (unpaired) electrons. The van der Waals surface area contributed by atoms with E-state index in [1.165, 1.54) is 6.07 Å². The van der Waals surface area contributed by atoms with Gasteiger partial charge in [0.25, 0.3) is 0 Å². The second-order valence-corrected chi connectivity index (χ2v) is 9.70. The second-order valence-electron chi connectivity index (χ2n) is 7.60. The molecule has 0 bridgehead atoms. The molecule has 0 aliphatic heterocycles. The quantitative estimate of drug-likeness (QED) is 0.484. The number of benzene rings is 2. The van der Waals surface area contributed by atoms with Crippen LogP contribution < -0.4 is 0 Å². The molecule has 2 aromatic carbocycles. The molecule has 0 N–H and O–H groups in total. The van der Waals surface area contributed by atoms with Gasteiger partial charge in [0, 0.05) is 35.6 Å². The molecule has 146 valence electrons. The van der Waals surface area contributed by atoms with Crippen molar-refractivity contribution in [3.63, 3.8) is 0 Å². The SMILES string of the molecule is CC(C)(C)[S@+]([O-])/C=C/c1cc(-c2cc(F)ccc2F)cn1Cc1ccccc1. The topological polar surface area (TPSA) is 28.0 Å². The van der Waals surface area contributed by atoms with Crippen molar-refractivity contribution < 1.29 is 13.3 Å². The molecule has 0 spiro atoms. The first kappa shape index (κ1) is 20.4. The number of hydrogen-bond acceptors (Lipinski definition) is 1. The Balaban J connectivity index is 2.02. The first-order chi connectivity index (χ1) is 13.2. The monoisotopic (exact) mass is 399 g/mol. The lowest BCUT2D eigenvalue weighted by atomic mass is 10.1. The van der Waals surface area contributed by atoms with Gasteiger partial charge in [0.2, 0.25) is 0 Å². The summed E-state index contributed by atoms with van der Waals surface area (Å²) in [7, 11) is 0. The standard InChI is InChI=1S/C23H23F2NOS/c1-23(2,3)28(27)12-11-20-13-18(21-14-19(24)9-10-22(21)25)16-26(20)15-17-7-5-4-6-8-17/h4-14,16H,15H2,1-3H3/b12-11+/t28-/m1/s1. The molecule has 1 heterocycles. The Kier molecular flexibility index (Phi) is 6.06. The largest absolute Gasteiger partial charge is 0.611 e. The molecule has 0 amide bonds. The summed E-state index contributed by atoms with van der Waals surface area (Å²) in [4.78, 5) is 0. The minimum Gasteiger partial charge on any atom is -0.611 e. The molecule has 28 heavy (non-hydrogen) atoms. The van der Waals surface area contributed by atoms with Crippen LogP contribution in [0.15, 0.2) is 66.2 Å². The van der Waals surface area contributed by atoms with Crippen LogP contribution in [0.25, 0.3) is 17.2 Å². The van der Waals surface area contributed by atoms with Crippen molar-refractivity contribution in [2.45, 2.75) is 32.1 Å². The van der Waals surface area contributed by atoms with Gasteiger partial charge in [-0.05, 0) is 61.8 Å². The molecular formula is C23H23F2NOS. The normalized spacial score (nSPS) is 13.2. The third-order valence-electron chi connectivity index (χ3n) is 4.33. The summed E-state index contributed by atoms with van der Waals surface area (Å²) in [5.41, 5.74) is 2.64. The molecule has 0 saturated carbocycles. The second kappa shape index (κ2) is 8.33. The van der Waals surface area contributed by atoms with Crippen molar-refractivity contribution in [2.75, 3.05) is 0 Å². The Morgan fingerprint density at radius 1 is 1.04 bits per heavy atom. The number of nitrogens with zero attached hydrogens (tertiary/aromatic N) is 1. The molecule has 0 aliphatic carbocycles. The van der Waals surface area contributed by atoms with Crippen LogP contribution in [0.1, 0.15) is 32.0 Å². The minimum absolute atomic E-state index is 0.207. The van der Waals surface area contributed by atoms with Crippen LogP contribution in [0.3, 0.4) is 0 Å². The first-order valence-electron chi connectivity index (χ1n) is 9.02. The summed E-state index contributed by atoms with van der Waals surface area (Å²) in [6.45, 7) is 6.29. The highest BCUT2D eigenvalue weighted by Gasteiger charge is 2.23. The maximum absolute atomic E-state index is 14.3. The number of aromatic nitrogens is 1. The molecule has 3 aromatic rings. The van der Waals surface area contributed by atoms with Crippen molar-refractivity contribution >= 4 is 17.3 Å². The van der Waals surface area contributed by atoms with E-state index in [2.05, 4.69) is 0 Å². The van der Waals surface area contributed by atoms with Crippen LogP contribution >= 0.6 is 0 Å². The highest BCUT2D eigenvalue weighted by atomic mass is 32.2. The van der Waals surface area contributed by atoms with Crippen LogP contribution in [0.4, 0.5) is 8.78 Å². The predicted octanol–water partition coefficient (Wildman–Crippen LogP) is 6.00. The lowest BCUT2D eigenvalue weighted by molar-refractivity contribution is 0.569. The molecule has 3 rings (SSSR count). The number of hydrogen-bond donors (Lipinski definition) is 0. The van der Waals surface area contributed by atoms with Gasteiger partial charge in [0.1, 0.15) is 21.8 Å². The maximum Gasteiger partial charge on any atom is 0.131 e. The van der Waals surface area contributed by atoms with Gasteiger partial charge in [-0.2, -0.15) is 0 Å². The Morgan fingerprint density at radius 3 is 2.43 bits per heavy atom. The van der Waals surface area contributed by atoms with Crippen molar-refractivity contribution in [3.8, 4) is 11.1 Å². The minimum atomic E-state index is -1.16. The molecule has 1 atom stereocenters. The Morgan fingerprint density at radius 2 is 1.75 bits per heavy atom. The van der Waals surface area contributed by atoms with Gasteiger partial charge >= 0.3 is 0 Å². The van der Waals surface area contributed by atoms with Crippen LogP contribution in [-0.4, -0.2) is 13.9 Å². The molecule has 0 aliphatic rings. The smallest absolute Gasteiger partial charge is 0.131 e. The number of halogens is 2. The third kappa shape index (κ3) is 4.91. The van der Waals surface area contributed by atoms with Crippen LogP contribution in [0.5, 0.6) is 0 Å². The fraction of sp³-hybridized carbons (Fsp3) is 0.217. The summed E-state index contributed by atoms with van der Waals surface area (Å²) < 4.78 is 41.9. The lowest BCUT2D eigenvalue weighted by Gasteiger charge is -2.20. The van der Waals surface area contributed by atoms with Crippen molar-refractivity contribution in [3.05, 3.63) is 89.1 Å². The molecular weight excluding hydrogens is 376 g/mol. The van der Waals surface area contributed by atoms with Gasteiger partial charge in [0.15, 0.2) is 0 Å². The van der Waals surface area contributed by atoms with Gasteiger partial charge in [0.05, 0.1) is 0 Å². The fourth-order valence-corrected chi connectivity index (χ4v) is 3.46. The van der Waals surface area contributed by atoms with Gasteiger partial charge in [-0.3, -0.25) is 0 Å². The summed E-state index contributed by atoms with van der Waals surface area (Å²) in [6, 6.07) is 15.1. The summed E-state index contributed by atoms with van der Waals surface area (Å²) in [6.07, 6.45) is 3.58. The fourth-order valence-electron chi connectivity index (χ4n) is 2.78. The predicted molar refractivity (Wildman–Crippen MR) is 112 cm³/mol. The lowest BCUT2D eigenvalue weighted by Crippen LogP contribution is -2.25. The van der Waals surface area contributed by atoms with Crippen molar-refractivity contribution in [1.82, 2.24) is 4.57 Å². The van der Waals surface area contributed by atoms with E-state index >= 15 is 0 Å². The van der Waals surface area contributed by atoms with Crippen LogP contribution in [-0.2, 0) is 17.7 Å². The molecule has 0 saturated heterocycles. The zero-order chi connectivity index (χ0) is 20.3. The van der Waals surface area contributed by atoms with Crippen LogP contribution in [0, 0.1) is 11.6 Å². The van der Waals surface area contributed by atoms with E-state index in [9.17, 15) is 13.3 Å². The average molecular weight is 400 g/mol. The molecule has 5 heteroatoms. The van der Waals surface area contributed by atoms with Gasteiger partial charge in [-0.1, -0.05) is 30.3 Å². The summed E-state index contributed by atoms with van der Waals surface area (Å²) in [5, 5.41) is 1.66. The van der Waals surface area contributed by atoms with Gasteiger partial charge in [-0.25, -0.2) is 8.78 Å². The molecule has 2 nitrogen and oxygen atoms in total. The highest BCUT2D eigenvalue weighted by molar-refractivity contribution is 7.95. The van der Waals surface area contributed by atoms with Crippen molar-refractivity contribution in [2.24, 2.45) is 0 Å². The van der Waals surface area contributed by atoms with E-state index in [0.29, 0.717) is 12.1 Å². The summed E-state index contributed by atoms with van der Waals surface area (Å²) >= 11 is -1.16. The van der Waals surface area contributed by atoms with Gasteiger partial charge in [-0.15, -0.1) is 0 Å². The zero-order valence-electron chi connectivity index (χ0n) is 16.2. The molecule has 1 aromatic heterocycles. The third-order valence-corrected chi connectivity index (χ3v) is 5.92. The highest BCUT2D eigenvalue weighted by Crippen LogP contribution is 2.28. The van der Waals surface area contributed by atoms with E-state index in [4.69, 9.17) is 0 Å². The van der Waals surface area contributed by atoms with Crippen molar-refractivity contribution in [1.29, 1.82) is 0 Å². The summed E-state index contributed by atoms with van der Waals surface area (Å²) in [5.74, 6) is -0.967. The van der Waals surface area contributed by atoms with Gasteiger partial charge < -0.3 is 9.12 Å². The Hall–Kier alpha value is -2.37. The maximum atomic E-state index is 14.3. The Bertz CT molecular complexity index is 974. The first-order valence-corrected chi connectivity index (χ1v) is 10.2. The van der Waals surface area contributed by atoms with Crippen LogP contribution in [0.2, 0.25) is 0 Å². The molecule has 0 fully saturated rings. The average Bonchev–Trinajstić information content (AvgIpc) is 3.04. The van der Waals surface area contributed by atoms with E-state index in [0.717, 1.165) is 23.4 Å². The van der Waals surface area contributed by atoms with E-state index in [1.807, 2.05) is 55.7 Å². The number of rotatable bonds is 5. The Labute approximate surface area is 167 Å². The van der Waals surface area contributed by atoms with E-state index in [1.54, 1.807) is 23.7 Å².